The van der Waals surface area contributed by atoms with E-state index in [1.807, 2.05) is 158 Å². The molecule has 0 aromatic heterocycles. The van der Waals surface area contributed by atoms with Gasteiger partial charge in [0.2, 0.25) is 12.0 Å². The maximum absolute atomic E-state index is 13.3. The van der Waals surface area contributed by atoms with Crippen LogP contribution in [0.15, 0.2) is 253 Å². The van der Waals surface area contributed by atoms with Gasteiger partial charge in [0, 0.05) is 116 Å². The fourth-order valence-electron chi connectivity index (χ4n) is 13.0. The van der Waals surface area contributed by atoms with Crippen molar-refractivity contribution in [2.75, 3.05) is 100 Å². The van der Waals surface area contributed by atoms with Crippen molar-refractivity contribution in [3.05, 3.63) is 323 Å². The molecule has 0 atom stereocenters. The number of aliphatic imine (C=N–C) groups is 1. The number of carbonyl (C=O) groups is 5. The Hall–Kier alpha value is -12.2. The molecule has 0 radical (unpaired) electrons. The number of aromatic hydroxyl groups is 1. The van der Waals surface area contributed by atoms with Crippen LogP contribution in [0.2, 0.25) is 0 Å². The summed E-state index contributed by atoms with van der Waals surface area (Å²) in [5.41, 5.74) is 25.8. The molecule has 0 aliphatic carbocycles. The van der Waals surface area contributed by atoms with E-state index in [0.29, 0.717) is 130 Å². The topological polar surface area (TPSA) is 346 Å². The number of aliphatic carboxylic acids is 1. The van der Waals surface area contributed by atoms with Gasteiger partial charge in [-0.1, -0.05) is 181 Å². The van der Waals surface area contributed by atoms with Crippen LogP contribution in [-0.4, -0.2) is 190 Å². The number of rotatable bonds is 35. The van der Waals surface area contributed by atoms with E-state index in [-0.39, 0.29) is 70.4 Å². The van der Waals surface area contributed by atoms with E-state index in [1.54, 1.807) is 48.5 Å². The molecule has 25 nitrogen and oxygen atoms in total. The van der Waals surface area contributed by atoms with E-state index in [2.05, 4.69) is 127 Å². The molecule has 3 aliphatic heterocycles. The van der Waals surface area contributed by atoms with Crippen molar-refractivity contribution in [3.8, 4) is 40.2 Å². The molecule has 0 unspecified atom stereocenters. The smallest absolute Gasteiger partial charge is 0.300 e. The first-order valence-electron chi connectivity index (χ1n) is 49.8. The predicted octanol–water partition coefficient (Wildman–Crippen LogP) is 22.9. The standard InChI is InChI=1S/C26H35FN2O2.C13H19FN2.C12H15NO2.C11H15NO2.2C11H17NO.C11H14O2.C7H8FN.C7H6O2.C6H11NO.C2H4O2.CH4.CH3.Pd/c1-20(2)19-31-25-11-6-21(7-12-25)8-13-26(30)29(24-14-16-28(3)17-15-24)18-22-4-9-23(27)10-5-22;1-16-8-6-13(7-9-16)15-10-11-2-4-12(14)5-3-11;1-10(2)8-15-12-5-3-11(4-6-12)7-13-9-14;1-9(2)8-14-11-5-3-10(4-6-11)7-12-13;3*1-9(2)8-13-11-5-3-10(7-12)4-6-11;8-7-3-1-6(5-9)2-4-7;8-5-6-1-3-7(9)4-2-6;1-7-4-2-6(8)3-5-7;1-2(3)4;;;/h4-7,9-12,20,24H,8,13-19H2,1-3H3;2-5,13,15H,6-10H2,1H3;3-6,10H,7-8H2,1-2H3;3-7,9,13H,8H2,1-2H3;2*3-6,9H,7-8,12H2,1-2H3;3-7,9H,8H2,1-2H3;1-4H,5,9H2;1-5,9H;2-5H2,1H3;1H3,(H,3,4);1H4;1H3;/q;;;;;;;;;;;;-1;/b;;;12-7-;;;;;;;;;;. The fraction of sp³-hybridized carbons (Fsp3) is 0.429. The second-order valence-corrected chi connectivity index (χ2v) is 37.8. The molecule has 0 bridgehead atoms. The molecule has 3 fully saturated rings. The number of Topliss-reactive ketones (excluding diaryl/α,β-unsaturated/α-hetero) is 1. The molecule has 148 heavy (non-hydrogen) atoms. The van der Waals surface area contributed by atoms with E-state index in [1.165, 1.54) is 86.8 Å². The third kappa shape index (κ3) is 67.6. The Morgan fingerprint density at radius 1 is 0.439 bits per heavy atom. The molecule has 1 amide bonds. The zero-order valence-corrected chi connectivity index (χ0v) is 91.0. The molecule has 0 saturated carbocycles. The Kier molecular flexibility index (Phi) is 75.0. The van der Waals surface area contributed by atoms with E-state index < -0.39 is 5.97 Å². The Labute approximate surface area is 894 Å². The fourth-order valence-corrected chi connectivity index (χ4v) is 13.0. The zero-order chi connectivity index (χ0) is 107. The summed E-state index contributed by atoms with van der Waals surface area (Å²) in [6.07, 6.45) is 11.5. The Morgan fingerprint density at radius 2 is 0.716 bits per heavy atom. The number of halogens is 3. The number of benzene rings is 10. The number of hydrogen-bond donors (Lipinski definition) is 7. The number of piperidine rings is 3. The number of phenolic OH excluding ortho intramolecular Hbond substituents is 1. The van der Waals surface area contributed by atoms with Gasteiger partial charge in [0.1, 0.15) is 76.1 Å². The van der Waals surface area contributed by atoms with Crippen molar-refractivity contribution in [2.45, 2.75) is 200 Å². The summed E-state index contributed by atoms with van der Waals surface area (Å²) in [5.74, 6) is 7.70. The van der Waals surface area contributed by atoms with Gasteiger partial charge in [0.25, 0.3) is 5.97 Å². The van der Waals surface area contributed by atoms with E-state index >= 15 is 0 Å². The van der Waals surface area contributed by atoms with Gasteiger partial charge in [-0.05, 0) is 317 Å². The number of likely N-dealkylation sites (tertiary alicyclic amines) is 3. The van der Waals surface area contributed by atoms with Gasteiger partial charge >= 0.3 is 0 Å². The second-order valence-electron chi connectivity index (χ2n) is 37.8. The molecular formula is C119H168F3N10O15Pd-. The zero-order valence-electron chi connectivity index (χ0n) is 89.4. The Balaban J connectivity index is 0.00000165. The van der Waals surface area contributed by atoms with Crippen molar-refractivity contribution in [1.29, 1.82) is 0 Å². The number of isocyanates is 1. The van der Waals surface area contributed by atoms with Crippen molar-refractivity contribution in [1.82, 2.24) is 24.9 Å². The summed E-state index contributed by atoms with van der Waals surface area (Å²) >= 11 is 0. The monoisotopic (exact) mass is 2140 g/mol. The third-order valence-corrected chi connectivity index (χ3v) is 21.4. The van der Waals surface area contributed by atoms with E-state index in [0.717, 1.165) is 170 Å². The van der Waals surface area contributed by atoms with Gasteiger partial charge in [-0.3, -0.25) is 24.0 Å². The summed E-state index contributed by atoms with van der Waals surface area (Å²) in [6.45, 7) is 40.5. The summed E-state index contributed by atoms with van der Waals surface area (Å²) < 4.78 is 71.4. The summed E-state index contributed by atoms with van der Waals surface area (Å²) in [5, 5.41) is 30.9. The number of oxime groups is 1. The number of carbonyl (C=O) groups excluding carboxylic acids is 5. The predicted molar refractivity (Wildman–Crippen MR) is 589 cm³/mol. The Morgan fingerprint density at radius 3 is 1.02 bits per heavy atom. The van der Waals surface area contributed by atoms with Crippen LogP contribution in [0, 0.1) is 60.4 Å². The number of aldehydes is 2. The van der Waals surface area contributed by atoms with Gasteiger partial charge < -0.3 is 93.4 Å². The summed E-state index contributed by atoms with van der Waals surface area (Å²) in [7, 11) is 6.33. The van der Waals surface area contributed by atoms with Gasteiger partial charge in [0.15, 0.2) is 0 Å². The summed E-state index contributed by atoms with van der Waals surface area (Å²) in [4.78, 5) is 75.5. The first kappa shape index (κ1) is 136. The molecule has 29 heteroatoms. The van der Waals surface area contributed by atoms with Crippen molar-refractivity contribution in [2.24, 2.45) is 62.9 Å². The van der Waals surface area contributed by atoms with Crippen LogP contribution in [0.5, 0.6) is 40.2 Å². The van der Waals surface area contributed by atoms with Crippen LogP contribution < -0.4 is 50.9 Å². The van der Waals surface area contributed by atoms with Gasteiger partial charge in [-0.2, -0.15) is 0 Å². The SMILES string of the molecule is C.CC(=O)O.CC(C)COc1ccc(/C=N\O)cc1.CC(C)COc1ccc(C=O)cc1.CC(C)COc1ccc(CCC(=O)N(Cc2ccc(F)cc2)C2CCN(C)CC2)cc1.CC(C)COc1ccc(CN)cc1.CC(C)COc1ccc(CN)cc1.CC(C)COc1ccc(CN=C=O)cc1.CN1CCC(=O)CC1.CN1CCC(NCc2ccc(F)cc2)CC1.NCc1ccc(F)cc1.O=Cc1ccc(O)cc1.[CH3-].[Pd]. The minimum atomic E-state index is -0.833. The van der Waals surface area contributed by atoms with Gasteiger partial charge in [-0.15, -0.1) is 0 Å². The van der Waals surface area contributed by atoms with Crippen molar-refractivity contribution >= 4 is 42.5 Å². The van der Waals surface area contributed by atoms with Gasteiger partial charge in [0.05, 0.1) is 52.4 Å². The maximum Gasteiger partial charge on any atom is 0.300 e. The first-order valence-corrected chi connectivity index (χ1v) is 49.8. The number of nitrogens with one attached hydrogen (secondary N) is 1. The molecule has 816 valence electrons. The Bertz CT molecular complexity index is 5080. The molecule has 10 aromatic rings. The molecular weight excluding hydrogens is 1970 g/mol. The van der Waals surface area contributed by atoms with Crippen LogP contribution >= 0.6 is 0 Å². The third-order valence-electron chi connectivity index (χ3n) is 21.4. The van der Waals surface area contributed by atoms with E-state index in [9.17, 15) is 37.1 Å². The molecule has 0 spiro atoms. The summed E-state index contributed by atoms with van der Waals surface area (Å²) in [6, 6.07) is 72.3. The van der Waals surface area contributed by atoms with Crippen LogP contribution in [0.3, 0.4) is 0 Å². The average Bonchev–Trinajstić information content (AvgIpc) is 0.837. The minimum absolute atomic E-state index is 0. The number of ketones is 1. The molecule has 10 N–H and O–H groups in total. The number of phenols is 1. The number of hydrogen-bond acceptors (Lipinski definition) is 23. The molecule has 13 rings (SSSR count). The molecule has 10 aromatic carbocycles. The second kappa shape index (κ2) is 81.7. The quantitative estimate of drug-likeness (QED) is 0.00369. The number of ether oxygens (including phenoxy) is 6. The van der Waals surface area contributed by atoms with E-state index in [4.69, 9.17) is 65.8 Å². The number of nitrogens with zero attached hydrogens (tertiary/aromatic N) is 6. The number of amides is 1. The maximum atomic E-state index is 13.3. The first-order chi connectivity index (χ1) is 69.4. The normalized spacial score (nSPS) is 12.6. The number of carboxylic acid groups (broad SMARTS) is 1. The molecule has 3 aliphatic rings. The van der Waals surface area contributed by atoms with Crippen molar-refractivity contribution in [3.63, 3.8) is 0 Å². The molecule has 3 saturated heterocycles. The molecule has 3 heterocycles. The minimum Gasteiger partial charge on any atom is -0.508 e. The van der Waals surface area contributed by atoms with Crippen LogP contribution in [-0.2, 0) is 85.3 Å². The van der Waals surface area contributed by atoms with Crippen LogP contribution in [0.25, 0.3) is 0 Å². The van der Waals surface area contributed by atoms with Crippen molar-refractivity contribution < 1.29 is 106 Å². The van der Waals surface area contributed by atoms with Crippen LogP contribution in [0.1, 0.15) is 208 Å². The number of aryl methyl sites for hydroxylation is 1. The number of nitrogens with two attached hydrogens (primary N) is 3. The van der Waals surface area contributed by atoms with Gasteiger partial charge in [-0.25, -0.2) is 23.0 Å². The van der Waals surface area contributed by atoms with Crippen LogP contribution in [0.4, 0.5) is 13.2 Å². The largest absolute Gasteiger partial charge is 0.508 e. The average molecular weight is 2140 g/mol. The number of carboxylic acids is 1.